The van der Waals surface area contributed by atoms with Crippen molar-refractivity contribution in [2.75, 3.05) is 36.5 Å². The molecule has 1 aliphatic heterocycles. The lowest BCUT2D eigenvalue weighted by Gasteiger charge is -2.28. The number of hydrogen-bond donors (Lipinski definition) is 2. The lowest BCUT2D eigenvalue weighted by atomic mass is 10.1. The molecule has 0 saturated carbocycles. The van der Waals surface area contributed by atoms with Crippen molar-refractivity contribution in [2.45, 2.75) is 13.8 Å². The van der Waals surface area contributed by atoms with Gasteiger partial charge in [0, 0.05) is 30.4 Å². The van der Waals surface area contributed by atoms with Crippen molar-refractivity contribution >= 4 is 40.3 Å². The van der Waals surface area contributed by atoms with Gasteiger partial charge in [-0.3, -0.25) is 20.2 Å². The summed E-state index contributed by atoms with van der Waals surface area (Å²) >= 11 is 5.25. The molecule has 0 atom stereocenters. The van der Waals surface area contributed by atoms with E-state index in [4.69, 9.17) is 17.0 Å². The zero-order chi connectivity index (χ0) is 21.0. The third kappa shape index (κ3) is 4.87. The zero-order valence-electron chi connectivity index (χ0n) is 16.2. The summed E-state index contributed by atoms with van der Waals surface area (Å²) in [5.41, 5.74) is 3.34. The van der Waals surface area contributed by atoms with Crippen LogP contribution >= 0.6 is 12.2 Å². The van der Waals surface area contributed by atoms with Crippen molar-refractivity contribution in [3.05, 3.63) is 63.2 Å². The van der Waals surface area contributed by atoms with Crippen molar-refractivity contribution < 1.29 is 14.5 Å². The first-order valence-corrected chi connectivity index (χ1v) is 9.57. The average molecular weight is 414 g/mol. The van der Waals surface area contributed by atoms with E-state index in [9.17, 15) is 14.9 Å². The molecule has 1 fully saturated rings. The fraction of sp³-hybridized carbons (Fsp3) is 0.300. The SMILES string of the molecule is Cc1cccc(C)c1NC(=S)NC(=O)c1ccc(N2CCOCC2)c([N+](=O)[O-])c1. The number of carbonyl (C=O) groups excluding carboxylic acids is 1. The van der Waals surface area contributed by atoms with Crippen LogP contribution in [0.5, 0.6) is 0 Å². The van der Waals surface area contributed by atoms with Crippen LogP contribution in [0.3, 0.4) is 0 Å². The maximum absolute atomic E-state index is 12.6. The first-order chi connectivity index (χ1) is 13.9. The molecule has 0 radical (unpaired) electrons. The molecule has 8 nitrogen and oxygen atoms in total. The van der Waals surface area contributed by atoms with Crippen molar-refractivity contribution in [1.82, 2.24) is 5.32 Å². The van der Waals surface area contributed by atoms with E-state index >= 15 is 0 Å². The molecule has 1 saturated heterocycles. The predicted octanol–water partition coefficient (Wildman–Crippen LogP) is 3.18. The molecular weight excluding hydrogens is 392 g/mol. The van der Waals surface area contributed by atoms with E-state index in [1.807, 2.05) is 36.9 Å². The van der Waals surface area contributed by atoms with E-state index in [0.717, 1.165) is 16.8 Å². The highest BCUT2D eigenvalue weighted by Crippen LogP contribution is 2.30. The van der Waals surface area contributed by atoms with E-state index in [0.29, 0.717) is 32.0 Å². The molecule has 1 aliphatic rings. The molecule has 1 amide bonds. The number of thiocarbonyl (C=S) groups is 1. The monoisotopic (exact) mass is 414 g/mol. The summed E-state index contributed by atoms with van der Waals surface area (Å²) in [6.45, 7) is 6.03. The van der Waals surface area contributed by atoms with Crippen LogP contribution in [0.4, 0.5) is 17.1 Å². The summed E-state index contributed by atoms with van der Waals surface area (Å²) in [5.74, 6) is -0.509. The first-order valence-electron chi connectivity index (χ1n) is 9.16. The van der Waals surface area contributed by atoms with Gasteiger partial charge >= 0.3 is 0 Å². The predicted molar refractivity (Wildman–Crippen MR) is 116 cm³/mol. The molecule has 2 N–H and O–H groups in total. The van der Waals surface area contributed by atoms with Gasteiger partial charge in [0.1, 0.15) is 5.69 Å². The maximum Gasteiger partial charge on any atom is 0.293 e. The number of anilines is 2. The average Bonchev–Trinajstić information content (AvgIpc) is 2.71. The lowest BCUT2D eigenvalue weighted by molar-refractivity contribution is -0.384. The van der Waals surface area contributed by atoms with Crippen molar-refractivity contribution in [3.8, 4) is 0 Å². The number of aryl methyl sites for hydroxylation is 2. The first kappa shape index (κ1) is 20.7. The second-order valence-electron chi connectivity index (χ2n) is 6.74. The fourth-order valence-electron chi connectivity index (χ4n) is 3.21. The lowest BCUT2D eigenvalue weighted by Crippen LogP contribution is -2.37. The molecule has 29 heavy (non-hydrogen) atoms. The Bertz CT molecular complexity index is 937. The van der Waals surface area contributed by atoms with Crippen molar-refractivity contribution in [3.63, 3.8) is 0 Å². The number of nitro benzene ring substituents is 1. The van der Waals surface area contributed by atoms with Crippen LogP contribution in [0.25, 0.3) is 0 Å². The van der Waals surface area contributed by atoms with Gasteiger partial charge < -0.3 is 15.0 Å². The van der Waals surface area contributed by atoms with Gasteiger partial charge in [-0.2, -0.15) is 0 Å². The Morgan fingerprint density at radius 3 is 2.45 bits per heavy atom. The summed E-state index contributed by atoms with van der Waals surface area (Å²) in [5, 5.41) is 17.3. The third-order valence-corrected chi connectivity index (χ3v) is 4.94. The van der Waals surface area contributed by atoms with E-state index in [1.165, 1.54) is 6.07 Å². The highest BCUT2D eigenvalue weighted by atomic mass is 32.1. The normalized spacial score (nSPS) is 13.7. The molecule has 0 aromatic heterocycles. The van der Waals surface area contributed by atoms with E-state index < -0.39 is 10.8 Å². The van der Waals surface area contributed by atoms with Gasteiger partial charge in [-0.05, 0) is 49.3 Å². The van der Waals surface area contributed by atoms with Gasteiger partial charge in [0.2, 0.25) is 0 Å². The van der Waals surface area contributed by atoms with Crippen LogP contribution in [-0.2, 0) is 4.74 Å². The Morgan fingerprint density at radius 1 is 1.17 bits per heavy atom. The number of nitrogens with one attached hydrogen (secondary N) is 2. The van der Waals surface area contributed by atoms with Crippen LogP contribution in [-0.4, -0.2) is 42.2 Å². The number of ether oxygens (including phenoxy) is 1. The molecule has 2 aromatic carbocycles. The van der Waals surface area contributed by atoms with Gasteiger partial charge in [0.25, 0.3) is 11.6 Å². The number of nitro groups is 1. The van der Waals surface area contributed by atoms with Crippen LogP contribution in [0.1, 0.15) is 21.5 Å². The number of morpholine rings is 1. The largest absolute Gasteiger partial charge is 0.378 e. The second kappa shape index (κ2) is 8.97. The van der Waals surface area contributed by atoms with Crippen LogP contribution in [0.2, 0.25) is 0 Å². The summed E-state index contributed by atoms with van der Waals surface area (Å²) in [7, 11) is 0. The highest BCUT2D eigenvalue weighted by molar-refractivity contribution is 7.80. The van der Waals surface area contributed by atoms with E-state index in [-0.39, 0.29) is 16.4 Å². The number of carbonyl (C=O) groups is 1. The molecule has 0 spiro atoms. The smallest absolute Gasteiger partial charge is 0.293 e. The fourth-order valence-corrected chi connectivity index (χ4v) is 3.41. The van der Waals surface area contributed by atoms with Crippen molar-refractivity contribution in [2.24, 2.45) is 0 Å². The minimum atomic E-state index is -0.509. The molecule has 0 unspecified atom stereocenters. The summed E-state index contributed by atoms with van der Waals surface area (Å²) in [6.07, 6.45) is 0. The molecular formula is C20H22N4O4S. The third-order valence-electron chi connectivity index (χ3n) is 4.73. The highest BCUT2D eigenvalue weighted by Gasteiger charge is 2.23. The second-order valence-corrected chi connectivity index (χ2v) is 7.14. The van der Waals surface area contributed by atoms with Crippen LogP contribution < -0.4 is 15.5 Å². The number of benzene rings is 2. The van der Waals surface area contributed by atoms with E-state index in [2.05, 4.69) is 10.6 Å². The van der Waals surface area contributed by atoms with Gasteiger partial charge in [-0.25, -0.2) is 0 Å². The standard InChI is InChI=1S/C20H22N4O4S/c1-13-4-3-5-14(2)18(13)21-20(29)22-19(25)15-6-7-16(17(12-15)24(26)27)23-8-10-28-11-9-23/h3-7,12H,8-11H2,1-2H3,(H2,21,22,25,29). The summed E-state index contributed by atoms with van der Waals surface area (Å²) in [4.78, 5) is 25.5. The molecule has 152 valence electrons. The van der Waals surface area contributed by atoms with Crippen LogP contribution in [0, 0.1) is 24.0 Å². The Labute approximate surface area is 174 Å². The summed E-state index contributed by atoms with van der Waals surface area (Å²) < 4.78 is 5.30. The quantitative estimate of drug-likeness (QED) is 0.451. The Balaban J connectivity index is 1.75. The molecule has 0 bridgehead atoms. The number of hydrogen-bond acceptors (Lipinski definition) is 6. The number of para-hydroxylation sites is 1. The van der Waals surface area contributed by atoms with Gasteiger partial charge in [0.15, 0.2) is 5.11 Å². The molecule has 1 heterocycles. The van der Waals surface area contributed by atoms with Crippen molar-refractivity contribution in [1.29, 1.82) is 0 Å². The number of nitrogens with zero attached hydrogens (tertiary/aromatic N) is 2. The Kier molecular flexibility index (Phi) is 6.40. The topological polar surface area (TPSA) is 96.7 Å². The van der Waals surface area contributed by atoms with E-state index in [1.54, 1.807) is 12.1 Å². The van der Waals surface area contributed by atoms with Gasteiger partial charge in [-0.15, -0.1) is 0 Å². The molecule has 0 aliphatic carbocycles. The Hall–Kier alpha value is -3.04. The minimum absolute atomic E-state index is 0.117. The molecule has 3 rings (SSSR count). The van der Waals surface area contributed by atoms with Crippen LogP contribution in [0.15, 0.2) is 36.4 Å². The molecule has 2 aromatic rings. The Morgan fingerprint density at radius 2 is 1.83 bits per heavy atom. The minimum Gasteiger partial charge on any atom is -0.378 e. The maximum atomic E-state index is 12.6. The van der Waals surface area contributed by atoms with Gasteiger partial charge in [0.05, 0.1) is 18.1 Å². The summed E-state index contributed by atoms with van der Waals surface area (Å²) in [6, 6.07) is 10.3. The number of rotatable bonds is 4. The van der Waals surface area contributed by atoms with Gasteiger partial charge in [-0.1, -0.05) is 18.2 Å². The molecule has 9 heteroatoms. The number of amides is 1. The zero-order valence-corrected chi connectivity index (χ0v) is 17.0.